The Morgan fingerprint density at radius 2 is 1.81 bits per heavy atom. The quantitative estimate of drug-likeness (QED) is 0.550. The Morgan fingerprint density at radius 3 is 2.62 bits per heavy atom. The number of rotatable bonds is 2. The first-order valence-electron chi connectivity index (χ1n) is 8.47. The molecule has 0 radical (unpaired) electrons. The Kier molecular flexibility index (Phi) is 4.27. The molecule has 1 aliphatic rings. The molecule has 0 saturated carbocycles. The minimum atomic E-state index is -4.37. The largest absolute Gasteiger partial charge is 0.416 e. The summed E-state index contributed by atoms with van der Waals surface area (Å²) in [6.45, 7) is 0. The van der Waals surface area contributed by atoms with E-state index in [1.807, 2.05) is 12.1 Å². The number of nitrogens with one attached hydrogen (secondary N) is 1. The van der Waals surface area contributed by atoms with Gasteiger partial charge in [-0.25, -0.2) is 0 Å². The van der Waals surface area contributed by atoms with Crippen molar-refractivity contribution in [3.05, 3.63) is 64.3 Å². The first-order valence-corrected chi connectivity index (χ1v) is 8.85. The van der Waals surface area contributed by atoms with Crippen LogP contribution in [0.25, 0.3) is 10.9 Å². The molecule has 0 bridgehead atoms. The normalized spacial score (nSPS) is 14.3. The van der Waals surface area contributed by atoms with Crippen LogP contribution in [0.15, 0.2) is 42.5 Å². The second-order valence-electron chi connectivity index (χ2n) is 6.48. The molecular formula is C20H16ClF3N2. The number of alkyl halides is 3. The summed E-state index contributed by atoms with van der Waals surface area (Å²) in [5.74, 6) is 0. The van der Waals surface area contributed by atoms with Crippen LogP contribution in [-0.2, 0) is 19.0 Å². The van der Waals surface area contributed by atoms with Crippen LogP contribution in [0.2, 0.25) is 5.02 Å². The Hall–Kier alpha value is -2.27. The molecular weight excluding hydrogens is 361 g/mol. The van der Waals surface area contributed by atoms with Gasteiger partial charge in [0.15, 0.2) is 0 Å². The van der Waals surface area contributed by atoms with Crippen molar-refractivity contribution in [1.82, 2.24) is 4.98 Å². The maximum atomic E-state index is 13.0. The average Bonchev–Trinajstić information content (AvgIpc) is 2.61. The van der Waals surface area contributed by atoms with E-state index in [2.05, 4.69) is 5.32 Å². The molecule has 6 heteroatoms. The highest BCUT2D eigenvalue weighted by Gasteiger charge is 2.30. The van der Waals surface area contributed by atoms with Gasteiger partial charge in [-0.15, -0.1) is 0 Å². The van der Waals surface area contributed by atoms with Crippen LogP contribution in [0, 0.1) is 0 Å². The van der Waals surface area contributed by atoms with Crippen LogP contribution in [-0.4, -0.2) is 4.98 Å². The van der Waals surface area contributed by atoms with Gasteiger partial charge >= 0.3 is 6.18 Å². The zero-order valence-corrected chi connectivity index (χ0v) is 14.6. The predicted octanol–water partition coefficient (Wildman–Crippen LogP) is 6.53. The highest BCUT2D eigenvalue weighted by molar-refractivity contribution is 6.31. The Labute approximate surface area is 154 Å². The van der Waals surface area contributed by atoms with E-state index in [1.54, 1.807) is 12.1 Å². The van der Waals surface area contributed by atoms with Crippen molar-refractivity contribution in [3.8, 4) is 0 Å². The molecule has 1 heterocycles. The third-order valence-electron chi connectivity index (χ3n) is 4.68. The predicted molar refractivity (Wildman–Crippen MR) is 98.1 cm³/mol. The molecule has 0 amide bonds. The fourth-order valence-corrected chi connectivity index (χ4v) is 3.63. The summed E-state index contributed by atoms with van der Waals surface area (Å²) in [5.41, 5.74) is 3.42. The molecule has 0 aliphatic heterocycles. The lowest BCUT2D eigenvalue weighted by Crippen LogP contribution is -2.10. The van der Waals surface area contributed by atoms with Crippen LogP contribution in [0.4, 0.5) is 24.5 Å². The highest BCUT2D eigenvalue weighted by atomic mass is 35.5. The molecule has 0 fully saturated rings. The number of hydrogen-bond donors (Lipinski definition) is 1. The summed E-state index contributed by atoms with van der Waals surface area (Å²) >= 11 is 6.16. The molecule has 26 heavy (non-hydrogen) atoms. The number of halogens is 4. The number of hydrogen-bond acceptors (Lipinski definition) is 2. The SMILES string of the molecule is FC(F)(F)c1cccc(Nc2c3c(nc4ccc(Cl)cc24)CCCC3)c1. The molecule has 0 unspecified atom stereocenters. The highest BCUT2D eigenvalue weighted by Crippen LogP contribution is 2.37. The molecule has 3 aromatic rings. The van der Waals surface area contributed by atoms with Crippen molar-refractivity contribution in [2.75, 3.05) is 5.32 Å². The van der Waals surface area contributed by atoms with Gasteiger partial charge in [0.05, 0.1) is 16.8 Å². The maximum Gasteiger partial charge on any atom is 0.416 e. The monoisotopic (exact) mass is 376 g/mol. The molecule has 2 nitrogen and oxygen atoms in total. The lowest BCUT2D eigenvalue weighted by atomic mass is 9.92. The van der Waals surface area contributed by atoms with E-state index in [1.165, 1.54) is 6.07 Å². The molecule has 4 rings (SSSR count). The summed E-state index contributed by atoms with van der Waals surface area (Å²) in [5, 5.41) is 4.62. The van der Waals surface area contributed by atoms with E-state index in [4.69, 9.17) is 16.6 Å². The number of fused-ring (bicyclic) bond motifs is 2. The van der Waals surface area contributed by atoms with Gasteiger partial charge in [-0.1, -0.05) is 17.7 Å². The van der Waals surface area contributed by atoms with Crippen molar-refractivity contribution in [2.45, 2.75) is 31.9 Å². The number of benzene rings is 2. The van der Waals surface area contributed by atoms with E-state index >= 15 is 0 Å². The molecule has 134 valence electrons. The standard InChI is InChI=1S/C20H16ClF3N2/c21-13-8-9-18-16(11-13)19(15-6-1-2-7-17(15)26-18)25-14-5-3-4-12(10-14)20(22,23)24/h3-5,8-11H,1-2,6-7H2,(H,25,26). The molecule has 0 atom stereocenters. The summed E-state index contributed by atoms with van der Waals surface area (Å²) in [7, 11) is 0. The average molecular weight is 377 g/mol. The summed E-state index contributed by atoms with van der Waals surface area (Å²) in [4.78, 5) is 4.74. The minimum Gasteiger partial charge on any atom is -0.355 e. The van der Waals surface area contributed by atoms with Crippen molar-refractivity contribution in [3.63, 3.8) is 0 Å². The lowest BCUT2D eigenvalue weighted by molar-refractivity contribution is -0.137. The van der Waals surface area contributed by atoms with E-state index < -0.39 is 11.7 Å². The zero-order valence-electron chi connectivity index (χ0n) is 13.8. The number of aromatic nitrogens is 1. The lowest BCUT2D eigenvalue weighted by Gasteiger charge is -2.22. The summed E-state index contributed by atoms with van der Waals surface area (Å²) in [6, 6.07) is 10.7. The van der Waals surface area contributed by atoms with Crippen LogP contribution < -0.4 is 5.32 Å². The summed E-state index contributed by atoms with van der Waals surface area (Å²) in [6.07, 6.45) is -0.530. The van der Waals surface area contributed by atoms with Crippen molar-refractivity contribution < 1.29 is 13.2 Å². The van der Waals surface area contributed by atoms with Crippen molar-refractivity contribution in [2.24, 2.45) is 0 Å². The minimum absolute atomic E-state index is 0.403. The van der Waals surface area contributed by atoms with Crippen LogP contribution in [0.5, 0.6) is 0 Å². The molecule has 1 aromatic heterocycles. The van der Waals surface area contributed by atoms with E-state index in [-0.39, 0.29) is 0 Å². The maximum absolute atomic E-state index is 13.0. The molecule has 0 saturated heterocycles. The smallest absolute Gasteiger partial charge is 0.355 e. The fourth-order valence-electron chi connectivity index (χ4n) is 3.46. The van der Waals surface area contributed by atoms with Gasteiger partial charge in [0, 0.05) is 21.8 Å². The van der Waals surface area contributed by atoms with Crippen molar-refractivity contribution in [1.29, 1.82) is 0 Å². The first-order chi connectivity index (χ1) is 12.4. The van der Waals surface area contributed by atoms with E-state index in [0.717, 1.165) is 65.7 Å². The summed E-state index contributed by atoms with van der Waals surface area (Å²) < 4.78 is 39.1. The second kappa shape index (κ2) is 6.47. The van der Waals surface area contributed by atoms with Gasteiger partial charge in [0.2, 0.25) is 0 Å². The first kappa shape index (κ1) is 17.2. The van der Waals surface area contributed by atoms with Gasteiger partial charge in [0.25, 0.3) is 0 Å². The van der Waals surface area contributed by atoms with Crippen molar-refractivity contribution >= 4 is 33.9 Å². The number of nitrogens with zero attached hydrogens (tertiary/aromatic N) is 1. The Morgan fingerprint density at radius 1 is 1.00 bits per heavy atom. The molecule has 1 N–H and O–H groups in total. The fraction of sp³-hybridized carbons (Fsp3) is 0.250. The molecule has 1 aliphatic carbocycles. The van der Waals surface area contributed by atoms with Crippen LogP contribution in [0.3, 0.4) is 0 Å². The number of pyridine rings is 1. The van der Waals surface area contributed by atoms with Crippen LogP contribution in [0.1, 0.15) is 29.7 Å². The van der Waals surface area contributed by atoms with Gasteiger partial charge in [-0.2, -0.15) is 13.2 Å². The van der Waals surface area contributed by atoms with Crippen LogP contribution >= 0.6 is 11.6 Å². The third-order valence-corrected chi connectivity index (χ3v) is 4.92. The Balaban J connectivity index is 1.86. The van der Waals surface area contributed by atoms with Gasteiger partial charge < -0.3 is 5.32 Å². The molecule has 0 spiro atoms. The third kappa shape index (κ3) is 3.23. The van der Waals surface area contributed by atoms with E-state index in [0.29, 0.717) is 10.7 Å². The number of anilines is 2. The van der Waals surface area contributed by atoms with Gasteiger partial charge in [0.1, 0.15) is 0 Å². The van der Waals surface area contributed by atoms with E-state index in [9.17, 15) is 13.2 Å². The van der Waals surface area contributed by atoms with Gasteiger partial charge in [-0.3, -0.25) is 4.98 Å². The zero-order chi connectivity index (χ0) is 18.3. The Bertz CT molecular complexity index is 983. The second-order valence-corrected chi connectivity index (χ2v) is 6.92. The topological polar surface area (TPSA) is 24.9 Å². The van der Waals surface area contributed by atoms with Gasteiger partial charge in [-0.05, 0) is 67.6 Å². The number of aryl methyl sites for hydroxylation is 1. The molecule has 2 aromatic carbocycles.